The van der Waals surface area contributed by atoms with E-state index in [0.29, 0.717) is 11.4 Å². The molecule has 5 atom stereocenters. The molecule has 1 saturated carbocycles. The number of pyridine rings is 1. The molecule has 0 unspecified atom stereocenters. The Morgan fingerprint density at radius 1 is 0.963 bits per heavy atom. The number of ketones is 2. The molecule has 2 aliphatic rings. The summed E-state index contributed by atoms with van der Waals surface area (Å²) < 4.78 is 6.11. The van der Waals surface area contributed by atoms with Crippen LogP contribution in [0.15, 0.2) is 36.9 Å². The Labute approximate surface area is 322 Å². The molecule has 0 aromatic carbocycles. The summed E-state index contributed by atoms with van der Waals surface area (Å²) in [7, 11) is 0. The fraction of sp³-hybridized carbons (Fsp3) is 0.615. The molecule has 3 N–H and O–H groups in total. The summed E-state index contributed by atoms with van der Waals surface area (Å²) in [6.45, 7) is 10.9. The number of Topliss-reactive ketones (excluding diaryl/α,β-unsaturated/α-hetero) is 2. The number of halogens is 1. The molecule has 0 radical (unpaired) electrons. The summed E-state index contributed by atoms with van der Waals surface area (Å²) in [4.78, 5) is 95.9. The zero-order chi connectivity index (χ0) is 39.6. The molecule has 0 bridgehead atoms. The van der Waals surface area contributed by atoms with Gasteiger partial charge in [-0.05, 0) is 42.6 Å². The van der Waals surface area contributed by atoms with E-state index in [1.54, 1.807) is 32.9 Å². The van der Waals surface area contributed by atoms with Crippen molar-refractivity contribution in [2.24, 2.45) is 17.3 Å². The van der Waals surface area contributed by atoms with Crippen molar-refractivity contribution in [2.75, 3.05) is 6.54 Å². The third kappa shape index (κ3) is 11.5. The number of likely N-dealkylation sites (tertiary alicyclic amines) is 1. The van der Waals surface area contributed by atoms with Gasteiger partial charge in [0.1, 0.15) is 29.9 Å². The van der Waals surface area contributed by atoms with Gasteiger partial charge in [-0.15, -0.1) is 0 Å². The van der Waals surface area contributed by atoms with Gasteiger partial charge in [0, 0.05) is 37.5 Å². The largest absolute Gasteiger partial charge is 0.472 e. The highest BCUT2D eigenvalue weighted by Crippen LogP contribution is 2.30. The topological polar surface area (TPSA) is 190 Å². The van der Waals surface area contributed by atoms with Crippen molar-refractivity contribution in [1.82, 2.24) is 35.8 Å². The molecule has 2 aromatic heterocycles. The van der Waals surface area contributed by atoms with Gasteiger partial charge in [-0.3, -0.25) is 33.8 Å². The zero-order valence-corrected chi connectivity index (χ0v) is 32.9. The summed E-state index contributed by atoms with van der Waals surface area (Å²) in [5.41, 5.74) is -0.784. The van der Waals surface area contributed by atoms with Gasteiger partial charge in [-0.25, -0.2) is 9.97 Å². The summed E-state index contributed by atoms with van der Waals surface area (Å²) >= 11 is 6.02. The van der Waals surface area contributed by atoms with Crippen LogP contribution in [0.4, 0.5) is 0 Å². The minimum absolute atomic E-state index is 0.0299. The van der Waals surface area contributed by atoms with Gasteiger partial charge in [0.05, 0.1) is 23.8 Å². The van der Waals surface area contributed by atoms with Crippen molar-refractivity contribution in [2.45, 2.75) is 130 Å². The molecular formula is C39H54ClN7O7. The number of carbonyl (C=O) groups is 6. The molecule has 14 nitrogen and oxygen atoms in total. The Balaban J connectivity index is 1.62. The Kier molecular flexibility index (Phi) is 15.1. The van der Waals surface area contributed by atoms with Crippen LogP contribution in [0.3, 0.4) is 0 Å². The van der Waals surface area contributed by atoms with Crippen molar-refractivity contribution in [3.05, 3.63) is 47.6 Å². The van der Waals surface area contributed by atoms with Crippen molar-refractivity contribution < 1.29 is 33.5 Å². The SMILES string of the molecule is CCC[C@H](NC(=O)[C@@H]1C[C@@H](Oc2ccc(Cl)cn2)CN1C(=O)[C@@H](NC(=O)[C@@H](NC(=O)c1cnccn1)C1CCCCC1)C(C)(C)C)C(=O)C(=O)CC(C)C. The standard InChI is InChI=1S/C39H54ClN7O7/c1-7-11-27(33(49)30(48)18-23(2)3)44-36(51)29-19-26(54-31-15-14-25(40)20-43-31)22-47(29)38(53)34(39(4,5)6)46-37(52)32(24-12-9-8-10-13-24)45-35(50)28-21-41-16-17-42-28/h14-17,20-21,23-24,26-27,29,32,34H,7-13,18-19,22H2,1-6H3,(H,44,51)(H,45,50)(H,46,52)/t26-,27+,29+,32+,34-/m1/s1. The van der Waals surface area contributed by atoms with Crippen LogP contribution in [-0.2, 0) is 24.0 Å². The van der Waals surface area contributed by atoms with Crippen LogP contribution in [0.2, 0.25) is 5.02 Å². The molecule has 294 valence electrons. The minimum Gasteiger partial charge on any atom is -0.472 e. The van der Waals surface area contributed by atoms with E-state index in [-0.39, 0.29) is 49.2 Å². The number of carbonyl (C=O) groups excluding carboxylic acids is 6. The molecule has 1 saturated heterocycles. The van der Waals surface area contributed by atoms with Crippen molar-refractivity contribution >= 4 is 46.8 Å². The van der Waals surface area contributed by atoms with Gasteiger partial charge in [-0.1, -0.05) is 78.8 Å². The lowest BCUT2D eigenvalue weighted by molar-refractivity contribution is -0.145. The van der Waals surface area contributed by atoms with Crippen LogP contribution in [0, 0.1) is 17.3 Å². The number of ether oxygens (including phenoxy) is 1. The summed E-state index contributed by atoms with van der Waals surface area (Å²) in [6.07, 6.45) is 10.0. The average molecular weight is 768 g/mol. The zero-order valence-electron chi connectivity index (χ0n) is 32.1. The van der Waals surface area contributed by atoms with E-state index in [9.17, 15) is 28.8 Å². The Bertz CT molecular complexity index is 1630. The maximum atomic E-state index is 14.7. The highest BCUT2D eigenvalue weighted by atomic mass is 35.5. The van der Waals surface area contributed by atoms with Crippen molar-refractivity contribution in [3.8, 4) is 5.88 Å². The van der Waals surface area contributed by atoms with Crippen LogP contribution >= 0.6 is 11.6 Å². The van der Waals surface area contributed by atoms with Crippen LogP contribution < -0.4 is 20.7 Å². The number of rotatable bonds is 16. The average Bonchev–Trinajstić information content (AvgIpc) is 3.56. The van der Waals surface area contributed by atoms with Crippen LogP contribution in [0.1, 0.15) is 110 Å². The van der Waals surface area contributed by atoms with E-state index >= 15 is 0 Å². The van der Waals surface area contributed by atoms with Gasteiger partial charge in [0.2, 0.25) is 35.2 Å². The first-order valence-electron chi connectivity index (χ1n) is 18.9. The number of nitrogens with one attached hydrogen (secondary N) is 3. The minimum atomic E-state index is -1.13. The number of hydrogen-bond acceptors (Lipinski definition) is 10. The van der Waals surface area contributed by atoms with E-state index < -0.39 is 70.9 Å². The lowest BCUT2D eigenvalue weighted by atomic mass is 9.82. The molecule has 54 heavy (non-hydrogen) atoms. The maximum absolute atomic E-state index is 14.7. The van der Waals surface area contributed by atoms with Crippen molar-refractivity contribution in [1.29, 1.82) is 0 Å². The molecule has 2 fully saturated rings. The predicted molar refractivity (Wildman–Crippen MR) is 201 cm³/mol. The second-order valence-corrected chi connectivity index (χ2v) is 16.2. The molecule has 1 aliphatic heterocycles. The highest BCUT2D eigenvalue weighted by molar-refractivity contribution is 6.39. The van der Waals surface area contributed by atoms with E-state index in [2.05, 4.69) is 30.9 Å². The van der Waals surface area contributed by atoms with Crippen LogP contribution in [0.25, 0.3) is 0 Å². The first kappa shape index (κ1) is 42.3. The van der Waals surface area contributed by atoms with E-state index in [4.69, 9.17) is 16.3 Å². The molecular weight excluding hydrogens is 714 g/mol. The molecule has 15 heteroatoms. The van der Waals surface area contributed by atoms with Gasteiger partial charge in [-0.2, -0.15) is 0 Å². The summed E-state index contributed by atoms with van der Waals surface area (Å²) in [5.74, 6) is -3.43. The third-order valence-corrected chi connectivity index (χ3v) is 10.0. The van der Waals surface area contributed by atoms with E-state index in [1.807, 2.05) is 20.8 Å². The highest BCUT2D eigenvalue weighted by Gasteiger charge is 2.47. The van der Waals surface area contributed by atoms with Gasteiger partial charge in [0.15, 0.2) is 0 Å². The van der Waals surface area contributed by atoms with Gasteiger partial charge < -0.3 is 25.6 Å². The van der Waals surface area contributed by atoms with Gasteiger partial charge >= 0.3 is 0 Å². The predicted octanol–water partition coefficient (Wildman–Crippen LogP) is 4.25. The first-order chi connectivity index (χ1) is 25.6. The molecule has 4 rings (SSSR count). The van der Waals surface area contributed by atoms with Crippen LogP contribution in [-0.4, -0.2) is 91.9 Å². The summed E-state index contributed by atoms with van der Waals surface area (Å²) in [6, 6.07) is -1.06. The monoisotopic (exact) mass is 767 g/mol. The molecule has 3 heterocycles. The summed E-state index contributed by atoms with van der Waals surface area (Å²) in [5, 5.41) is 8.99. The number of hydrogen-bond donors (Lipinski definition) is 3. The number of aromatic nitrogens is 3. The van der Waals surface area contributed by atoms with Crippen LogP contribution in [0.5, 0.6) is 5.88 Å². The molecule has 2 aromatic rings. The number of nitrogens with zero attached hydrogens (tertiary/aromatic N) is 4. The molecule has 0 spiro atoms. The van der Waals surface area contributed by atoms with E-state index in [0.717, 1.165) is 32.1 Å². The second-order valence-electron chi connectivity index (χ2n) is 15.8. The van der Waals surface area contributed by atoms with Crippen molar-refractivity contribution in [3.63, 3.8) is 0 Å². The van der Waals surface area contributed by atoms with E-state index in [1.165, 1.54) is 29.7 Å². The quantitative estimate of drug-likeness (QED) is 0.208. The third-order valence-electron chi connectivity index (χ3n) is 9.80. The maximum Gasteiger partial charge on any atom is 0.272 e. The fourth-order valence-corrected chi connectivity index (χ4v) is 7.12. The molecule has 1 aliphatic carbocycles. The fourth-order valence-electron chi connectivity index (χ4n) is 7.01. The second kappa shape index (κ2) is 19.2. The normalized spacial score (nSPS) is 19.4. The Morgan fingerprint density at radius 3 is 2.28 bits per heavy atom. The first-order valence-corrected chi connectivity index (χ1v) is 19.3. The smallest absolute Gasteiger partial charge is 0.272 e. The molecule has 4 amide bonds. The lowest BCUT2D eigenvalue weighted by Gasteiger charge is -2.37. The Hall–Kier alpha value is -4.46. The lowest BCUT2D eigenvalue weighted by Crippen LogP contribution is -2.62. The Morgan fingerprint density at radius 2 is 1.69 bits per heavy atom. The number of amides is 4. The van der Waals surface area contributed by atoms with Gasteiger partial charge in [0.25, 0.3) is 5.91 Å².